The molecular formula is C19H28N6O. The Hall–Kier alpha value is -2.38. The van der Waals surface area contributed by atoms with Crippen LogP contribution in [0.25, 0.3) is 11.1 Å². The molecule has 3 rings (SSSR count). The Kier molecular flexibility index (Phi) is 6.62. The Morgan fingerprint density at radius 3 is 2.92 bits per heavy atom. The van der Waals surface area contributed by atoms with Crippen molar-refractivity contribution in [2.24, 2.45) is 17.8 Å². The van der Waals surface area contributed by atoms with Crippen molar-refractivity contribution in [1.82, 2.24) is 20.0 Å². The van der Waals surface area contributed by atoms with Gasteiger partial charge in [-0.3, -0.25) is 9.58 Å². The normalized spacial score (nSPS) is 16.0. The van der Waals surface area contributed by atoms with Gasteiger partial charge in [0.05, 0.1) is 26.0 Å². The van der Waals surface area contributed by atoms with Crippen LogP contribution in [0.1, 0.15) is 12.0 Å². The number of hydrogen-bond acceptors (Lipinski definition) is 4. The highest BCUT2D eigenvalue weighted by Gasteiger charge is 2.09. The lowest BCUT2D eigenvalue weighted by atomic mass is 10.1. The van der Waals surface area contributed by atoms with Gasteiger partial charge in [0.25, 0.3) is 0 Å². The van der Waals surface area contributed by atoms with E-state index in [1.165, 1.54) is 0 Å². The quantitative estimate of drug-likeness (QED) is 0.443. The summed E-state index contributed by atoms with van der Waals surface area (Å²) in [7, 11) is 1.92. The Balaban J connectivity index is 1.43. The van der Waals surface area contributed by atoms with Crippen LogP contribution in [-0.4, -0.2) is 60.0 Å². The van der Waals surface area contributed by atoms with Crippen molar-refractivity contribution in [3.05, 3.63) is 42.2 Å². The number of nitrogens with two attached hydrogens (primary N) is 1. The number of aromatic nitrogens is 2. The molecule has 0 saturated carbocycles. The molecule has 0 aliphatic carbocycles. The lowest BCUT2D eigenvalue weighted by molar-refractivity contribution is 0.0376. The minimum Gasteiger partial charge on any atom is -0.379 e. The molecule has 7 nitrogen and oxygen atoms in total. The third-order valence-electron chi connectivity index (χ3n) is 4.46. The lowest BCUT2D eigenvalue weighted by Gasteiger charge is -2.26. The van der Waals surface area contributed by atoms with Gasteiger partial charge < -0.3 is 15.8 Å². The van der Waals surface area contributed by atoms with Gasteiger partial charge in [0.1, 0.15) is 0 Å². The number of guanidine groups is 1. The minimum atomic E-state index is 0.499. The van der Waals surface area contributed by atoms with E-state index in [-0.39, 0.29) is 0 Å². The molecule has 0 radical (unpaired) electrons. The molecule has 1 aliphatic heterocycles. The topological polar surface area (TPSA) is 80.7 Å². The molecule has 7 heteroatoms. The van der Waals surface area contributed by atoms with Gasteiger partial charge in [0.15, 0.2) is 5.96 Å². The number of aliphatic imine (C=N–C) groups is 1. The summed E-state index contributed by atoms with van der Waals surface area (Å²) in [5.41, 5.74) is 9.36. The monoisotopic (exact) mass is 356 g/mol. The number of hydrogen-bond donors (Lipinski definition) is 2. The standard InChI is InChI=1S/C19H28N6O/c1-24-15-18(14-23-24)17-5-2-4-16(12-17)13-22-19(20)21-6-3-7-25-8-10-26-11-9-25/h2,4-5,12,14-15H,3,6-11,13H2,1H3,(H3,20,21,22). The molecule has 3 N–H and O–H groups in total. The number of benzene rings is 1. The molecule has 1 aromatic carbocycles. The van der Waals surface area contributed by atoms with Gasteiger partial charge in [0, 0.05) is 38.4 Å². The average Bonchev–Trinajstić information content (AvgIpc) is 3.11. The van der Waals surface area contributed by atoms with Crippen molar-refractivity contribution in [3.63, 3.8) is 0 Å². The third kappa shape index (κ3) is 5.57. The Bertz CT molecular complexity index is 720. The summed E-state index contributed by atoms with van der Waals surface area (Å²) in [6, 6.07) is 8.32. The van der Waals surface area contributed by atoms with E-state index < -0.39 is 0 Å². The fourth-order valence-electron chi connectivity index (χ4n) is 3.00. The summed E-state index contributed by atoms with van der Waals surface area (Å²) in [4.78, 5) is 6.87. The van der Waals surface area contributed by atoms with Gasteiger partial charge in [-0.2, -0.15) is 5.10 Å². The smallest absolute Gasteiger partial charge is 0.188 e. The summed E-state index contributed by atoms with van der Waals surface area (Å²) in [6.45, 7) is 6.20. The van der Waals surface area contributed by atoms with E-state index in [4.69, 9.17) is 10.5 Å². The number of aryl methyl sites for hydroxylation is 1. The maximum absolute atomic E-state index is 5.99. The zero-order valence-corrected chi connectivity index (χ0v) is 15.4. The van der Waals surface area contributed by atoms with Gasteiger partial charge in [-0.1, -0.05) is 18.2 Å². The molecule has 1 aliphatic rings. The van der Waals surface area contributed by atoms with E-state index in [0.29, 0.717) is 12.5 Å². The van der Waals surface area contributed by atoms with Gasteiger partial charge in [0.2, 0.25) is 0 Å². The molecule has 1 aromatic heterocycles. The van der Waals surface area contributed by atoms with Crippen molar-refractivity contribution in [2.75, 3.05) is 39.4 Å². The van der Waals surface area contributed by atoms with E-state index in [1.54, 1.807) is 4.68 Å². The highest BCUT2D eigenvalue weighted by Crippen LogP contribution is 2.19. The minimum absolute atomic E-state index is 0.499. The molecule has 1 saturated heterocycles. The average molecular weight is 356 g/mol. The van der Waals surface area contributed by atoms with E-state index in [2.05, 4.69) is 38.5 Å². The molecule has 1 fully saturated rings. The van der Waals surface area contributed by atoms with Crippen LogP contribution in [0.5, 0.6) is 0 Å². The second-order valence-electron chi connectivity index (χ2n) is 6.54. The summed E-state index contributed by atoms with van der Waals surface area (Å²) in [5, 5.41) is 7.42. The maximum Gasteiger partial charge on any atom is 0.188 e. The molecular weight excluding hydrogens is 328 g/mol. The first-order chi connectivity index (χ1) is 12.7. The molecule has 0 amide bonds. The van der Waals surface area contributed by atoms with Crippen LogP contribution >= 0.6 is 0 Å². The maximum atomic E-state index is 5.99. The Morgan fingerprint density at radius 1 is 1.31 bits per heavy atom. The Labute approximate surface area is 154 Å². The zero-order chi connectivity index (χ0) is 18.2. The van der Waals surface area contributed by atoms with Gasteiger partial charge >= 0.3 is 0 Å². The fourth-order valence-corrected chi connectivity index (χ4v) is 3.00. The fraction of sp³-hybridized carbons (Fsp3) is 0.474. The highest BCUT2D eigenvalue weighted by molar-refractivity contribution is 5.77. The summed E-state index contributed by atoms with van der Waals surface area (Å²) in [6.07, 6.45) is 4.92. The van der Waals surface area contributed by atoms with Crippen LogP contribution < -0.4 is 11.1 Å². The second-order valence-corrected chi connectivity index (χ2v) is 6.54. The molecule has 0 bridgehead atoms. The van der Waals surface area contributed by atoms with E-state index in [0.717, 1.165) is 62.5 Å². The van der Waals surface area contributed by atoms with Crippen LogP contribution in [0.15, 0.2) is 41.7 Å². The first-order valence-electron chi connectivity index (χ1n) is 9.12. The number of nitrogens with one attached hydrogen (secondary N) is 1. The van der Waals surface area contributed by atoms with Crippen molar-refractivity contribution >= 4 is 5.96 Å². The lowest BCUT2D eigenvalue weighted by Crippen LogP contribution is -2.39. The van der Waals surface area contributed by atoms with Crippen LogP contribution in [0.2, 0.25) is 0 Å². The van der Waals surface area contributed by atoms with E-state index in [1.807, 2.05) is 25.5 Å². The molecule has 0 spiro atoms. The number of nitrogens with zero attached hydrogens (tertiary/aromatic N) is 4. The van der Waals surface area contributed by atoms with Crippen molar-refractivity contribution < 1.29 is 4.74 Å². The molecule has 0 unspecified atom stereocenters. The molecule has 2 heterocycles. The molecule has 26 heavy (non-hydrogen) atoms. The molecule has 0 atom stereocenters. The third-order valence-corrected chi connectivity index (χ3v) is 4.46. The van der Waals surface area contributed by atoms with Crippen molar-refractivity contribution in [1.29, 1.82) is 0 Å². The van der Waals surface area contributed by atoms with Crippen molar-refractivity contribution in [2.45, 2.75) is 13.0 Å². The zero-order valence-electron chi connectivity index (χ0n) is 15.4. The first-order valence-corrected chi connectivity index (χ1v) is 9.12. The Morgan fingerprint density at radius 2 is 2.15 bits per heavy atom. The second kappa shape index (κ2) is 9.35. The predicted octanol–water partition coefficient (Wildman–Crippen LogP) is 1.21. The molecule has 2 aromatic rings. The molecule has 140 valence electrons. The number of ether oxygens (including phenoxy) is 1. The van der Waals surface area contributed by atoms with Gasteiger partial charge in [-0.15, -0.1) is 0 Å². The first kappa shape index (κ1) is 18.4. The van der Waals surface area contributed by atoms with Crippen molar-refractivity contribution in [3.8, 4) is 11.1 Å². The van der Waals surface area contributed by atoms with Gasteiger partial charge in [-0.25, -0.2) is 4.99 Å². The van der Waals surface area contributed by atoms with Crippen LogP contribution in [0, 0.1) is 0 Å². The van der Waals surface area contributed by atoms with Gasteiger partial charge in [-0.05, 0) is 30.2 Å². The van der Waals surface area contributed by atoms with E-state index in [9.17, 15) is 0 Å². The van der Waals surface area contributed by atoms with E-state index >= 15 is 0 Å². The number of morpholine rings is 1. The predicted molar refractivity (Wildman–Crippen MR) is 104 cm³/mol. The summed E-state index contributed by atoms with van der Waals surface area (Å²) in [5.74, 6) is 0.499. The van der Waals surface area contributed by atoms with Crippen LogP contribution in [0.3, 0.4) is 0 Å². The summed E-state index contributed by atoms with van der Waals surface area (Å²) < 4.78 is 7.16. The largest absolute Gasteiger partial charge is 0.379 e. The van der Waals surface area contributed by atoms with Crippen LogP contribution in [-0.2, 0) is 18.3 Å². The SMILES string of the molecule is Cn1cc(-c2cccc(CN=C(N)NCCCN3CCOCC3)c2)cn1. The summed E-state index contributed by atoms with van der Waals surface area (Å²) >= 11 is 0. The highest BCUT2D eigenvalue weighted by atomic mass is 16.5. The number of rotatable bonds is 7. The van der Waals surface area contributed by atoms with Crippen LogP contribution in [0.4, 0.5) is 0 Å².